The van der Waals surface area contributed by atoms with Gasteiger partial charge in [-0.1, -0.05) is 41.6 Å². The minimum absolute atomic E-state index is 0.133. The van der Waals surface area contributed by atoms with Crippen molar-refractivity contribution in [3.05, 3.63) is 80.5 Å². The van der Waals surface area contributed by atoms with Crippen molar-refractivity contribution in [1.82, 2.24) is 9.78 Å². The van der Waals surface area contributed by atoms with Gasteiger partial charge in [-0.25, -0.2) is 9.07 Å². The Hall–Kier alpha value is -3.10. The summed E-state index contributed by atoms with van der Waals surface area (Å²) in [5.74, 6) is 4.63. The van der Waals surface area contributed by atoms with Gasteiger partial charge in [-0.05, 0) is 31.2 Å². The molecule has 26 heavy (non-hydrogen) atoms. The maximum Gasteiger partial charge on any atom is 0.278 e. The lowest BCUT2D eigenvalue weighted by molar-refractivity contribution is 0.460. The van der Waals surface area contributed by atoms with Crippen molar-refractivity contribution in [2.75, 3.05) is 0 Å². The molecule has 1 aromatic heterocycles. The minimum Gasteiger partial charge on any atom is -0.505 e. The average molecular weight is 369 g/mol. The third-order valence-corrected chi connectivity index (χ3v) is 4.16. The standard InChI is InChI=1S/C20H14ClFN2O2/c1-12-19(25)18(20(26)24(2)23-12)17-14(15(21)10-11-16(17)22)9-8-13-6-4-3-5-7-13/h3-7,10-11,25H,1-2H3. The van der Waals surface area contributed by atoms with Crippen LogP contribution < -0.4 is 5.56 Å². The number of aryl methyl sites for hydroxylation is 2. The lowest BCUT2D eigenvalue weighted by atomic mass is 9.98. The molecule has 0 amide bonds. The number of hydrogen-bond acceptors (Lipinski definition) is 3. The first kappa shape index (κ1) is 17.7. The van der Waals surface area contributed by atoms with E-state index in [9.17, 15) is 14.3 Å². The summed E-state index contributed by atoms with van der Waals surface area (Å²) in [6, 6.07) is 11.6. The first-order chi connectivity index (χ1) is 12.4. The first-order valence-corrected chi connectivity index (χ1v) is 8.10. The Labute approximate surface area is 154 Å². The maximum atomic E-state index is 14.7. The van der Waals surface area contributed by atoms with E-state index in [2.05, 4.69) is 16.9 Å². The van der Waals surface area contributed by atoms with Crippen molar-refractivity contribution in [3.63, 3.8) is 0 Å². The molecule has 2 aromatic carbocycles. The van der Waals surface area contributed by atoms with Crippen LogP contribution in [0.5, 0.6) is 5.75 Å². The van der Waals surface area contributed by atoms with Gasteiger partial charge in [0.15, 0.2) is 5.75 Å². The molecule has 0 unspecified atom stereocenters. The van der Waals surface area contributed by atoms with Gasteiger partial charge in [0.2, 0.25) is 0 Å². The number of halogens is 2. The van der Waals surface area contributed by atoms with Gasteiger partial charge >= 0.3 is 0 Å². The Kier molecular flexibility index (Phi) is 4.79. The normalized spacial score (nSPS) is 10.3. The zero-order valence-electron chi connectivity index (χ0n) is 14.0. The van der Waals surface area contributed by atoms with Crippen LogP contribution in [-0.4, -0.2) is 14.9 Å². The zero-order valence-corrected chi connectivity index (χ0v) is 14.8. The van der Waals surface area contributed by atoms with Gasteiger partial charge in [0, 0.05) is 18.2 Å². The summed E-state index contributed by atoms with van der Waals surface area (Å²) < 4.78 is 15.7. The SMILES string of the molecule is Cc1nn(C)c(=O)c(-c2c(F)ccc(Cl)c2C#Cc2ccccc2)c1O. The molecule has 0 aliphatic heterocycles. The van der Waals surface area contributed by atoms with Crippen molar-refractivity contribution in [2.45, 2.75) is 6.92 Å². The van der Waals surface area contributed by atoms with Crippen LogP contribution in [0.1, 0.15) is 16.8 Å². The fourth-order valence-electron chi connectivity index (χ4n) is 2.56. The molecule has 6 heteroatoms. The number of rotatable bonds is 1. The third kappa shape index (κ3) is 3.19. The van der Waals surface area contributed by atoms with Crippen LogP contribution in [0, 0.1) is 24.6 Å². The van der Waals surface area contributed by atoms with Crippen molar-refractivity contribution < 1.29 is 9.50 Å². The topological polar surface area (TPSA) is 55.1 Å². The Morgan fingerprint density at radius 3 is 2.50 bits per heavy atom. The average Bonchev–Trinajstić information content (AvgIpc) is 2.63. The molecule has 3 rings (SSSR count). The van der Waals surface area contributed by atoms with Crippen LogP contribution in [-0.2, 0) is 7.05 Å². The Bertz CT molecular complexity index is 1110. The second-order valence-electron chi connectivity index (χ2n) is 5.63. The Balaban J connectivity index is 2.33. The van der Waals surface area contributed by atoms with Gasteiger partial charge in [0.05, 0.1) is 16.1 Å². The molecule has 0 aliphatic carbocycles. The Morgan fingerprint density at radius 1 is 1.12 bits per heavy atom. The highest BCUT2D eigenvalue weighted by atomic mass is 35.5. The molecule has 130 valence electrons. The van der Waals surface area contributed by atoms with Crippen molar-refractivity contribution in [2.24, 2.45) is 7.05 Å². The van der Waals surface area contributed by atoms with E-state index in [0.717, 1.165) is 10.7 Å². The van der Waals surface area contributed by atoms with E-state index in [-0.39, 0.29) is 27.4 Å². The van der Waals surface area contributed by atoms with E-state index in [0.29, 0.717) is 5.56 Å². The lowest BCUT2D eigenvalue weighted by Gasteiger charge is -2.12. The molecule has 3 aromatic rings. The molecule has 0 spiro atoms. The van der Waals surface area contributed by atoms with Crippen LogP contribution >= 0.6 is 11.6 Å². The molecule has 0 bridgehead atoms. The van der Waals surface area contributed by atoms with E-state index >= 15 is 0 Å². The van der Waals surface area contributed by atoms with Gasteiger partial charge in [-0.15, -0.1) is 0 Å². The van der Waals surface area contributed by atoms with E-state index in [1.807, 2.05) is 18.2 Å². The number of hydrogen-bond donors (Lipinski definition) is 1. The quantitative estimate of drug-likeness (QED) is 0.667. The number of aromatic hydroxyl groups is 1. The summed E-state index contributed by atoms with van der Waals surface area (Å²) in [4.78, 5) is 12.5. The second kappa shape index (κ2) is 7.03. The smallest absolute Gasteiger partial charge is 0.278 e. The van der Waals surface area contributed by atoms with Gasteiger partial charge < -0.3 is 5.11 Å². The molecular weight excluding hydrogens is 355 g/mol. The van der Waals surface area contributed by atoms with Gasteiger partial charge in [0.1, 0.15) is 11.5 Å². The van der Waals surface area contributed by atoms with E-state index in [4.69, 9.17) is 11.6 Å². The number of aromatic nitrogens is 2. The predicted molar refractivity (Wildman–Crippen MR) is 98.7 cm³/mol. The van der Waals surface area contributed by atoms with Crippen LogP contribution in [0.3, 0.4) is 0 Å². The molecule has 0 saturated heterocycles. The monoisotopic (exact) mass is 368 g/mol. The summed E-state index contributed by atoms with van der Waals surface area (Å²) in [6.07, 6.45) is 0. The molecule has 1 heterocycles. The van der Waals surface area contributed by atoms with Crippen molar-refractivity contribution in [3.8, 4) is 28.7 Å². The largest absolute Gasteiger partial charge is 0.505 e. The molecule has 4 nitrogen and oxygen atoms in total. The second-order valence-corrected chi connectivity index (χ2v) is 6.04. The van der Waals surface area contributed by atoms with E-state index in [1.54, 1.807) is 12.1 Å². The molecular formula is C20H14ClFN2O2. The number of nitrogens with zero attached hydrogens (tertiary/aromatic N) is 2. The summed E-state index contributed by atoms with van der Waals surface area (Å²) in [5, 5.41) is 14.4. The molecule has 0 fully saturated rings. The highest BCUT2D eigenvalue weighted by Crippen LogP contribution is 2.35. The van der Waals surface area contributed by atoms with Crippen LogP contribution in [0.4, 0.5) is 4.39 Å². The first-order valence-electron chi connectivity index (χ1n) is 7.72. The minimum atomic E-state index is -0.704. The molecule has 0 aliphatic rings. The fraction of sp³-hybridized carbons (Fsp3) is 0.100. The van der Waals surface area contributed by atoms with E-state index in [1.165, 1.54) is 20.0 Å². The summed E-state index contributed by atoms with van der Waals surface area (Å²) >= 11 is 6.23. The fourth-order valence-corrected chi connectivity index (χ4v) is 2.77. The maximum absolute atomic E-state index is 14.7. The highest BCUT2D eigenvalue weighted by molar-refractivity contribution is 6.32. The van der Waals surface area contributed by atoms with Crippen LogP contribution in [0.25, 0.3) is 11.1 Å². The van der Waals surface area contributed by atoms with Crippen LogP contribution in [0.2, 0.25) is 5.02 Å². The molecule has 0 radical (unpaired) electrons. The highest BCUT2D eigenvalue weighted by Gasteiger charge is 2.22. The van der Waals surface area contributed by atoms with Gasteiger partial charge in [-0.2, -0.15) is 5.10 Å². The lowest BCUT2D eigenvalue weighted by Crippen LogP contribution is -2.23. The third-order valence-electron chi connectivity index (χ3n) is 3.85. The number of benzene rings is 2. The predicted octanol–water partition coefficient (Wildman–Crippen LogP) is 3.65. The Morgan fingerprint density at radius 2 is 1.81 bits per heavy atom. The van der Waals surface area contributed by atoms with Crippen molar-refractivity contribution in [1.29, 1.82) is 0 Å². The van der Waals surface area contributed by atoms with E-state index < -0.39 is 17.1 Å². The molecule has 1 N–H and O–H groups in total. The summed E-state index contributed by atoms with van der Waals surface area (Å²) in [7, 11) is 1.43. The van der Waals surface area contributed by atoms with Gasteiger partial charge in [-0.3, -0.25) is 4.79 Å². The van der Waals surface area contributed by atoms with Gasteiger partial charge in [0.25, 0.3) is 5.56 Å². The molecule has 0 atom stereocenters. The summed E-state index contributed by atoms with van der Waals surface area (Å²) in [6.45, 7) is 1.52. The van der Waals surface area contributed by atoms with Crippen LogP contribution in [0.15, 0.2) is 47.3 Å². The zero-order chi connectivity index (χ0) is 18.8. The molecule has 0 saturated carbocycles. The summed E-state index contributed by atoms with van der Waals surface area (Å²) in [5.41, 5.74) is 0.0534. The van der Waals surface area contributed by atoms with Crippen molar-refractivity contribution >= 4 is 11.6 Å².